The number of rotatable bonds is 6. The van der Waals surface area contributed by atoms with Crippen LogP contribution in [0.3, 0.4) is 0 Å². The Bertz CT molecular complexity index is 287. The summed E-state index contributed by atoms with van der Waals surface area (Å²) >= 11 is 0. The number of hydrogen-bond donors (Lipinski definition) is 1. The molecule has 3 atom stereocenters. The Morgan fingerprint density at radius 2 is 2.00 bits per heavy atom. The average molecular weight is 281 g/mol. The molecule has 4 nitrogen and oxygen atoms in total. The molecular weight excluding hydrogens is 250 g/mol. The summed E-state index contributed by atoms with van der Waals surface area (Å²) in [4.78, 5) is 5.35. The lowest BCUT2D eigenvalue weighted by molar-refractivity contribution is 0.0828. The molecule has 3 aliphatic heterocycles. The van der Waals surface area contributed by atoms with Crippen molar-refractivity contribution < 1.29 is 4.74 Å². The van der Waals surface area contributed by atoms with Gasteiger partial charge in [0.1, 0.15) is 0 Å². The second kappa shape index (κ2) is 7.21. The first-order valence-corrected chi connectivity index (χ1v) is 8.64. The zero-order valence-electron chi connectivity index (χ0n) is 13.0. The second-order valence-electron chi connectivity index (χ2n) is 6.78. The highest BCUT2D eigenvalue weighted by molar-refractivity contribution is 4.86. The lowest BCUT2D eigenvalue weighted by Gasteiger charge is -2.25. The Kier molecular flexibility index (Phi) is 5.32. The van der Waals surface area contributed by atoms with E-state index < -0.39 is 0 Å². The predicted molar refractivity (Wildman–Crippen MR) is 82.1 cm³/mol. The van der Waals surface area contributed by atoms with Crippen molar-refractivity contribution in [1.82, 2.24) is 15.1 Å². The predicted octanol–water partition coefficient (Wildman–Crippen LogP) is 1.31. The van der Waals surface area contributed by atoms with Gasteiger partial charge in [0, 0.05) is 38.3 Å². The Morgan fingerprint density at radius 3 is 2.75 bits per heavy atom. The molecule has 0 aromatic rings. The van der Waals surface area contributed by atoms with Gasteiger partial charge in [0.15, 0.2) is 0 Å². The Morgan fingerprint density at radius 1 is 1.15 bits per heavy atom. The van der Waals surface area contributed by atoms with Crippen molar-refractivity contribution in [2.24, 2.45) is 0 Å². The third-order valence-electron chi connectivity index (χ3n) is 5.32. The fourth-order valence-corrected chi connectivity index (χ4v) is 4.00. The fourth-order valence-electron chi connectivity index (χ4n) is 4.00. The van der Waals surface area contributed by atoms with Crippen LogP contribution in [0.25, 0.3) is 0 Å². The van der Waals surface area contributed by atoms with Gasteiger partial charge in [-0.05, 0) is 58.7 Å². The molecule has 3 aliphatic rings. The molecular formula is C16H31N3O. The fraction of sp³-hybridized carbons (Fsp3) is 1.00. The minimum Gasteiger partial charge on any atom is -0.377 e. The molecule has 0 aliphatic carbocycles. The first-order valence-electron chi connectivity index (χ1n) is 8.64. The van der Waals surface area contributed by atoms with Gasteiger partial charge in [-0.1, -0.05) is 0 Å². The molecule has 0 aromatic carbocycles. The van der Waals surface area contributed by atoms with Gasteiger partial charge in [-0.3, -0.25) is 4.90 Å². The smallest absolute Gasteiger partial charge is 0.0726 e. The summed E-state index contributed by atoms with van der Waals surface area (Å²) in [5.41, 5.74) is 0. The van der Waals surface area contributed by atoms with E-state index in [0.29, 0.717) is 12.1 Å². The third kappa shape index (κ3) is 3.73. The monoisotopic (exact) mass is 281 g/mol. The molecule has 116 valence electrons. The molecule has 3 heterocycles. The molecule has 3 rings (SSSR count). The zero-order chi connectivity index (χ0) is 13.8. The summed E-state index contributed by atoms with van der Waals surface area (Å²) in [6.07, 6.45) is 7.12. The molecule has 1 N–H and O–H groups in total. The van der Waals surface area contributed by atoms with Crippen LogP contribution in [0.5, 0.6) is 0 Å². The molecule has 3 fully saturated rings. The average Bonchev–Trinajstić information content (AvgIpc) is 3.20. The van der Waals surface area contributed by atoms with Crippen molar-refractivity contribution in [3.63, 3.8) is 0 Å². The molecule has 20 heavy (non-hydrogen) atoms. The molecule has 0 aromatic heterocycles. The highest BCUT2D eigenvalue weighted by atomic mass is 16.5. The quantitative estimate of drug-likeness (QED) is 0.794. The van der Waals surface area contributed by atoms with Gasteiger partial charge in [-0.25, -0.2) is 0 Å². The van der Waals surface area contributed by atoms with Gasteiger partial charge < -0.3 is 15.0 Å². The Balaban J connectivity index is 1.31. The number of hydrogen-bond acceptors (Lipinski definition) is 4. The molecule has 0 radical (unpaired) electrons. The highest BCUT2D eigenvalue weighted by Gasteiger charge is 2.29. The molecule has 4 heteroatoms. The summed E-state index contributed by atoms with van der Waals surface area (Å²) in [6, 6.07) is 1.35. The summed E-state index contributed by atoms with van der Waals surface area (Å²) in [5, 5.41) is 3.66. The Labute approximate surface area is 123 Å². The first kappa shape index (κ1) is 14.8. The van der Waals surface area contributed by atoms with E-state index in [-0.39, 0.29) is 0 Å². The topological polar surface area (TPSA) is 27.7 Å². The van der Waals surface area contributed by atoms with Crippen molar-refractivity contribution in [2.75, 3.05) is 45.9 Å². The van der Waals surface area contributed by atoms with Crippen LogP contribution in [0.2, 0.25) is 0 Å². The van der Waals surface area contributed by atoms with Crippen LogP contribution in [-0.2, 0) is 4.74 Å². The first-order chi connectivity index (χ1) is 9.83. The van der Waals surface area contributed by atoms with Crippen LogP contribution in [-0.4, -0.2) is 73.9 Å². The van der Waals surface area contributed by atoms with Gasteiger partial charge in [0.25, 0.3) is 0 Å². The van der Waals surface area contributed by atoms with Crippen LogP contribution in [0, 0.1) is 0 Å². The third-order valence-corrected chi connectivity index (χ3v) is 5.32. The van der Waals surface area contributed by atoms with Crippen molar-refractivity contribution in [1.29, 1.82) is 0 Å². The van der Waals surface area contributed by atoms with Gasteiger partial charge in [-0.15, -0.1) is 0 Å². The van der Waals surface area contributed by atoms with E-state index in [1.165, 1.54) is 64.8 Å². The van der Waals surface area contributed by atoms with Crippen molar-refractivity contribution in [3.8, 4) is 0 Å². The van der Waals surface area contributed by atoms with E-state index in [1.54, 1.807) is 0 Å². The maximum atomic E-state index is 5.74. The Hall–Kier alpha value is -0.160. The van der Waals surface area contributed by atoms with Crippen LogP contribution >= 0.6 is 0 Å². The second-order valence-corrected chi connectivity index (χ2v) is 6.78. The summed E-state index contributed by atoms with van der Waals surface area (Å²) in [7, 11) is 0. The maximum Gasteiger partial charge on any atom is 0.0726 e. The van der Waals surface area contributed by atoms with Crippen LogP contribution < -0.4 is 5.32 Å². The van der Waals surface area contributed by atoms with Crippen LogP contribution in [0.15, 0.2) is 0 Å². The zero-order valence-corrected chi connectivity index (χ0v) is 13.0. The molecule has 0 saturated carbocycles. The van der Waals surface area contributed by atoms with E-state index in [1.807, 2.05) is 0 Å². The van der Waals surface area contributed by atoms with Crippen LogP contribution in [0.4, 0.5) is 0 Å². The number of nitrogens with zero attached hydrogens (tertiary/aromatic N) is 2. The van der Waals surface area contributed by atoms with Gasteiger partial charge in [0.05, 0.1) is 6.10 Å². The molecule has 0 spiro atoms. The van der Waals surface area contributed by atoms with E-state index >= 15 is 0 Å². The highest BCUT2D eigenvalue weighted by Crippen LogP contribution is 2.20. The molecule has 3 saturated heterocycles. The molecule has 3 unspecified atom stereocenters. The molecule has 0 bridgehead atoms. The summed E-state index contributed by atoms with van der Waals surface area (Å²) in [6.45, 7) is 10.8. The van der Waals surface area contributed by atoms with Crippen molar-refractivity contribution in [3.05, 3.63) is 0 Å². The van der Waals surface area contributed by atoms with E-state index in [2.05, 4.69) is 22.0 Å². The minimum atomic E-state index is 0.450. The van der Waals surface area contributed by atoms with E-state index in [9.17, 15) is 0 Å². The SMILES string of the molecule is CC(NCCN1CCC(N2CCCC2)C1)C1CCCO1. The molecule has 0 amide bonds. The number of nitrogens with one attached hydrogen (secondary N) is 1. The number of likely N-dealkylation sites (tertiary alicyclic amines) is 2. The van der Waals surface area contributed by atoms with Gasteiger partial charge >= 0.3 is 0 Å². The van der Waals surface area contributed by atoms with Crippen molar-refractivity contribution >= 4 is 0 Å². The lowest BCUT2D eigenvalue weighted by atomic mass is 10.1. The largest absolute Gasteiger partial charge is 0.377 e. The maximum absolute atomic E-state index is 5.74. The minimum absolute atomic E-state index is 0.450. The van der Waals surface area contributed by atoms with Crippen molar-refractivity contribution in [2.45, 2.75) is 57.2 Å². The summed E-state index contributed by atoms with van der Waals surface area (Å²) < 4.78 is 5.74. The van der Waals surface area contributed by atoms with Crippen LogP contribution in [0.1, 0.15) is 39.0 Å². The van der Waals surface area contributed by atoms with E-state index in [4.69, 9.17) is 4.74 Å². The van der Waals surface area contributed by atoms with Gasteiger partial charge in [-0.2, -0.15) is 0 Å². The van der Waals surface area contributed by atoms with Gasteiger partial charge in [0.2, 0.25) is 0 Å². The standard InChI is InChI=1S/C16H31N3O/c1-14(16-5-4-12-20-16)17-7-11-18-10-6-15(13-18)19-8-2-3-9-19/h14-17H,2-13H2,1H3. The lowest BCUT2D eigenvalue weighted by Crippen LogP contribution is -2.42. The van der Waals surface area contributed by atoms with E-state index in [0.717, 1.165) is 19.2 Å². The number of ether oxygens (including phenoxy) is 1. The summed E-state index contributed by atoms with van der Waals surface area (Å²) in [5.74, 6) is 0. The normalized spacial score (nSPS) is 34.0.